The molecule has 1 unspecified atom stereocenters. The first kappa shape index (κ1) is 26.3. The fourth-order valence-electron chi connectivity index (χ4n) is 2.88. The highest BCUT2D eigenvalue weighted by molar-refractivity contribution is 14.0. The Morgan fingerprint density at radius 3 is 2.60 bits per heavy atom. The van der Waals surface area contributed by atoms with Crippen molar-refractivity contribution in [3.63, 3.8) is 0 Å². The number of hydrogen-bond acceptors (Lipinski definition) is 5. The van der Waals surface area contributed by atoms with Crippen LogP contribution in [0, 0.1) is 6.92 Å². The van der Waals surface area contributed by atoms with Crippen LogP contribution >= 0.6 is 24.0 Å². The highest BCUT2D eigenvalue weighted by Crippen LogP contribution is 2.11. The van der Waals surface area contributed by atoms with Crippen LogP contribution in [0.2, 0.25) is 0 Å². The standard InChI is InChI=1S/C21H35N7O.HI/c1-17(19-10-7-6-8-11-19)24-21(22-12-14-27(3)13-9-15-29-5)23-16-20-26-25-18(2)28(20)4;/h6-8,10-11,17H,9,12-16H2,1-5H3,(H2,22,23,24);1H. The quantitative estimate of drug-likeness (QED) is 0.202. The van der Waals surface area contributed by atoms with Gasteiger partial charge in [-0.25, -0.2) is 4.99 Å². The highest BCUT2D eigenvalue weighted by Gasteiger charge is 2.10. The van der Waals surface area contributed by atoms with E-state index in [-0.39, 0.29) is 30.0 Å². The zero-order valence-corrected chi connectivity index (χ0v) is 21.1. The van der Waals surface area contributed by atoms with E-state index < -0.39 is 0 Å². The molecule has 8 nitrogen and oxygen atoms in total. The second kappa shape index (κ2) is 14.3. The summed E-state index contributed by atoms with van der Waals surface area (Å²) in [4.78, 5) is 7.03. The van der Waals surface area contributed by atoms with Gasteiger partial charge in [-0.15, -0.1) is 34.2 Å². The molecule has 0 fully saturated rings. The summed E-state index contributed by atoms with van der Waals surface area (Å²) in [5.41, 5.74) is 1.22. The molecule has 0 saturated heterocycles. The van der Waals surface area contributed by atoms with Crippen LogP contribution in [0.3, 0.4) is 0 Å². The lowest BCUT2D eigenvalue weighted by Crippen LogP contribution is -2.42. The van der Waals surface area contributed by atoms with Gasteiger partial charge in [0.15, 0.2) is 11.8 Å². The fourth-order valence-corrected chi connectivity index (χ4v) is 2.88. The summed E-state index contributed by atoms with van der Waals surface area (Å²) < 4.78 is 7.09. The molecule has 1 atom stereocenters. The largest absolute Gasteiger partial charge is 0.385 e. The number of guanidine groups is 1. The maximum atomic E-state index is 5.12. The summed E-state index contributed by atoms with van der Waals surface area (Å²) in [5, 5.41) is 15.3. The lowest BCUT2D eigenvalue weighted by atomic mass is 10.1. The Bertz CT molecular complexity index is 751. The Hall–Kier alpha value is -1.72. The van der Waals surface area contributed by atoms with Crippen LogP contribution in [0.5, 0.6) is 0 Å². The van der Waals surface area contributed by atoms with Crippen LogP contribution in [0.1, 0.15) is 36.6 Å². The van der Waals surface area contributed by atoms with Gasteiger partial charge in [0, 0.05) is 40.4 Å². The van der Waals surface area contributed by atoms with Crippen LogP contribution in [0.25, 0.3) is 0 Å². The minimum absolute atomic E-state index is 0. The van der Waals surface area contributed by atoms with E-state index >= 15 is 0 Å². The second-order valence-electron chi connectivity index (χ2n) is 7.24. The van der Waals surface area contributed by atoms with Gasteiger partial charge in [-0.05, 0) is 32.9 Å². The van der Waals surface area contributed by atoms with Crippen LogP contribution in [0.4, 0.5) is 0 Å². The van der Waals surface area contributed by atoms with E-state index in [4.69, 9.17) is 9.73 Å². The summed E-state index contributed by atoms with van der Waals surface area (Å²) in [6, 6.07) is 10.5. The van der Waals surface area contributed by atoms with Gasteiger partial charge in [0.25, 0.3) is 0 Å². The van der Waals surface area contributed by atoms with Gasteiger partial charge in [-0.2, -0.15) is 0 Å². The van der Waals surface area contributed by atoms with Crippen LogP contribution in [0.15, 0.2) is 35.3 Å². The Morgan fingerprint density at radius 1 is 1.23 bits per heavy atom. The van der Waals surface area contributed by atoms with Crippen molar-refractivity contribution in [3.05, 3.63) is 47.5 Å². The van der Waals surface area contributed by atoms with E-state index in [0.717, 1.165) is 50.3 Å². The van der Waals surface area contributed by atoms with Crippen molar-refractivity contribution >= 4 is 29.9 Å². The van der Waals surface area contributed by atoms with E-state index in [1.54, 1.807) is 7.11 Å². The Morgan fingerprint density at radius 2 is 1.97 bits per heavy atom. The monoisotopic (exact) mass is 529 g/mol. The molecular weight excluding hydrogens is 493 g/mol. The molecule has 0 aliphatic carbocycles. The van der Waals surface area contributed by atoms with Crippen LogP contribution in [-0.2, 0) is 18.3 Å². The average Bonchev–Trinajstić information content (AvgIpc) is 3.04. The summed E-state index contributed by atoms with van der Waals surface area (Å²) in [5.74, 6) is 2.49. The molecule has 1 heterocycles. The van der Waals surface area contributed by atoms with Crippen molar-refractivity contribution in [2.24, 2.45) is 12.0 Å². The van der Waals surface area contributed by atoms with Gasteiger partial charge in [-0.3, -0.25) is 0 Å². The Balaban J connectivity index is 0.00000450. The number of nitrogens with one attached hydrogen (secondary N) is 2. The second-order valence-corrected chi connectivity index (χ2v) is 7.24. The van der Waals surface area contributed by atoms with Crippen molar-refractivity contribution in [1.29, 1.82) is 0 Å². The van der Waals surface area contributed by atoms with Gasteiger partial charge in [0.05, 0.1) is 6.04 Å². The van der Waals surface area contributed by atoms with Crippen molar-refractivity contribution in [2.45, 2.75) is 32.9 Å². The maximum absolute atomic E-state index is 5.12. The number of methoxy groups -OCH3 is 1. The first-order valence-electron chi connectivity index (χ1n) is 10.1. The number of ether oxygens (including phenoxy) is 1. The molecule has 2 N–H and O–H groups in total. The zero-order chi connectivity index (χ0) is 21.1. The first-order valence-corrected chi connectivity index (χ1v) is 10.1. The number of benzene rings is 1. The summed E-state index contributed by atoms with van der Waals surface area (Å²) in [6.07, 6.45) is 1.03. The van der Waals surface area contributed by atoms with Crippen molar-refractivity contribution in [2.75, 3.05) is 40.4 Å². The van der Waals surface area contributed by atoms with Gasteiger partial charge in [0.1, 0.15) is 12.4 Å². The third-order valence-electron chi connectivity index (χ3n) is 4.89. The molecule has 2 rings (SSSR count). The van der Waals surface area contributed by atoms with Gasteiger partial charge in [-0.1, -0.05) is 30.3 Å². The molecule has 1 aromatic heterocycles. The molecule has 9 heteroatoms. The van der Waals surface area contributed by atoms with E-state index in [1.165, 1.54) is 5.56 Å². The number of likely N-dealkylation sites (N-methyl/N-ethyl adjacent to an activating group) is 1. The molecular formula is C21H36IN7O. The van der Waals surface area contributed by atoms with Crippen molar-refractivity contribution in [3.8, 4) is 0 Å². The molecule has 0 spiro atoms. The molecule has 1 aromatic carbocycles. The number of halogens is 1. The van der Waals surface area contributed by atoms with E-state index in [0.29, 0.717) is 6.54 Å². The fraction of sp³-hybridized carbons (Fsp3) is 0.571. The number of hydrogen-bond donors (Lipinski definition) is 2. The minimum Gasteiger partial charge on any atom is -0.385 e. The molecule has 0 amide bonds. The zero-order valence-electron chi connectivity index (χ0n) is 18.8. The Labute approximate surface area is 197 Å². The van der Waals surface area contributed by atoms with Gasteiger partial charge >= 0.3 is 0 Å². The molecule has 2 aromatic rings. The normalized spacial score (nSPS) is 12.5. The predicted octanol–water partition coefficient (Wildman–Crippen LogP) is 2.51. The third kappa shape index (κ3) is 8.97. The number of aromatic nitrogens is 3. The number of nitrogens with zero attached hydrogens (tertiary/aromatic N) is 5. The molecule has 30 heavy (non-hydrogen) atoms. The molecule has 0 radical (unpaired) electrons. The van der Waals surface area contributed by atoms with Crippen LogP contribution in [-0.4, -0.2) is 66.0 Å². The number of rotatable bonds is 11. The molecule has 168 valence electrons. The summed E-state index contributed by atoms with van der Waals surface area (Å²) in [6.45, 7) is 8.07. The highest BCUT2D eigenvalue weighted by atomic mass is 127. The maximum Gasteiger partial charge on any atom is 0.192 e. The third-order valence-corrected chi connectivity index (χ3v) is 4.89. The van der Waals surface area contributed by atoms with Crippen LogP contribution < -0.4 is 10.6 Å². The van der Waals surface area contributed by atoms with E-state index in [2.05, 4.69) is 64.0 Å². The van der Waals surface area contributed by atoms with E-state index in [9.17, 15) is 0 Å². The summed E-state index contributed by atoms with van der Waals surface area (Å²) in [7, 11) is 5.82. The smallest absolute Gasteiger partial charge is 0.192 e. The van der Waals surface area contributed by atoms with Crippen molar-refractivity contribution in [1.82, 2.24) is 30.3 Å². The first-order chi connectivity index (χ1) is 14.0. The molecule has 0 saturated carbocycles. The topological polar surface area (TPSA) is 79.6 Å². The average molecular weight is 529 g/mol. The lowest BCUT2D eigenvalue weighted by Gasteiger charge is -2.21. The van der Waals surface area contributed by atoms with Crippen molar-refractivity contribution < 1.29 is 4.74 Å². The van der Waals surface area contributed by atoms with Gasteiger partial charge in [0.2, 0.25) is 0 Å². The molecule has 0 aliphatic heterocycles. The SMILES string of the molecule is COCCCN(C)CCNC(=NCc1nnc(C)n1C)NC(C)c1ccccc1.I. The Kier molecular flexibility index (Phi) is 12.6. The summed E-state index contributed by atoms with van der Waals surface area (Å²) >= 11 is 0. The lowest BCUT2D eigenvalue weighted by molar-refractivity contribution is 0.180. The molecule has 0 aliphatic rings. The van der Waals surface area contributed by atoms with Gasteiger partial charge < -0.3 is 24.8 Å². The van der Waals surface area contributed by atoms with E-state index in [1.807, 2.05) is 24.6 Å². The predicted molar refractivity (Wildman–Crippen MR) is 132 cm³/mol. The minimum atomic E-state index is 0. The number of aryl methyl sites for hydroxylation is 1. The molecule has 0 bridgehead atoms. The number of aliphatic imine (C=N–C) groups is 1.